The van der Waals surface area contributed by atoms with E-state index in [-0.39, 0.29) is 18.5 Å². The lowest BCUT2D eigenvalue weighted by molar-refractivity contribution is -0.138. The van der Waals surface area contributed by atoms with Crippen LogP contribution in [0.4, 0.5) is 4.79 Å². The second kappa shape index (κ2) is 8.79. The molecule has 2 amide bonds. The zero-order valence-corrected chi connectivity index (χ0v) is 12.4. The lowest BCUT2D eigenvalue weighted by Gasteiger charge is -2.34. The molecule has 116 valence electrons. The van der Waals surface area contributed by atoms with Crippen molar-refractivity contribution in [2.24, 2.45) is 5.92 Å². The van der Waals surface area contributed by atoms with Gasteiger partial charge in [0, 0.05) is 25.7 Å². The van der Waals surface area contributed by atoms with Crippen molar-refractivity contribution in [3.05, 3.63) is 0 Å². The molecule has 6 heteroatoms. The smallest absolute Gasteiger partial charge is 0.317 e. The van der Waals surface area contributed by atoms with Crippen molar-refractivity contribution < 1.29 is 19.4 Å². The monoisotopic (exact) mass is 286 g/mol. The first-order chi connectivity index (χ1) is 9.50. The largest absolute Gasteiger partial charge is 0.481 e. The van der Waals surface area contributed by atoms with Crippen LogP contribution in [0.15, 0.2) is 0 Å². The fourth-order valence-corrected chi connectivity index (χ4v) is 2.33. The molecule has 1 atom stereocenters. The molecule has 6 nitrogen and oxygen atoms in total. The Morgan fingerprint density at radius 3 is 2.80 bits per heavy atom. The van der Waals surface area contributed by atoms with Crippen LogP contribution in [-0.2, 0) is 9.53 Å². The fourth-order valence-electron chi connectivity index (χ4n) is 2.33. The number of nitrogens with one attached hydrogen (secondary N) is 1. The van der Waals surface area contributed by atoms with Crippen LogP contribution in [0, 0.1) is 5.92 Å². The van der Waals surface area contributed by atoms with Gasteiger partial charge in [-0.2, -0.15) is 0 Å². The van der Waals surface area contributed by atoms with Gasteiger partial charge in [0.25, 0.3) is 0 Å². The number of ether oxygens (including phenoxy) is 1. The van der Waals surface area contributed by atoms with Gasteiger partial charge in [-0.1, -0.05) is 13.8 Å². The zero-order valence-electron chi connectivity index (χ0n) is 12.4. The third-order valence-corrected chi connectivity index (χ3v) is 3.27. The maximum absolute atomic E-state index is 12.1. The van der Waals surface area contributed by atoms with Crippen molar-refractivity contribution in [2.45, 2.75) is 45.6 Å². The number of carboxylic acids is 1. The zero-order chi connectivity index (χ0) is 15.0. The summed E-state index contributed by atoms with van der Waals surface area (Å²) in [6, 6.07) is -0.359. The molecule has 1 heterocycles. The molecule has 0 saturated carbocycles. The number of nitrogens with zero attached hydrogens (tertiary/aromatic N) is 1. The van der Waals surface area contributed by atoms with E-state index in [1.807, 2.05) is 0 Å². The van der Waals surface area contributed by atoms with Crippen LogP contribution in [0.25, 0.3) is 0 Å². The molecule has 1 aliphatic heterocycles. The molecule has 1 saturated heterocycles. The molecular weight excluding hydrogens is 260 g/mol. The van der Waals surface area contributed by atoms with Crippen molar-refractivity contribution in [2.75, 3.05) is 26.3 Å². The van der Waals surface area contributed by atoms with E-state index in [1.54, 1.807) is 4.90 Å². The average Bonchev–Trinajstić information content (AvgIpc) is 2.37. The van der Waals surface area contributed by atoms with Gasteiger partial charge >= 0.3 is 12.0 Å². The van der Waals surface area contributed by atoms with Crippen molar-refractivity contribution in [1.29, 1.82) is 0 Å². The molecule has 2 N–H and O–H groups in total. The SMILES string of the molecule is CC(C)COCCNC(=O)N1CCCCC1CC(=O)O. The van der Waals surface area contributed by atoms with Gasteiger partial charge in [0.15, 0.2) is 0 Å². The number of urea groups is 1. The summed E-state index contributed by atoms with van der Waals surface area (Å²) < 4.78 is 5.40. The van der Waals surface area contributed by atoms with Gasteiger partial charge in [0.2, 0.25) is 0 Å². The number of hydrogen-bond donors (Lipinski definition) is 2. The summed E-state index contributed by atoms with van der Waals surface area (Å²) in [7, 11) is 0. The van der Waals surface area contributed by atoms with E-state index in [0.717, 1.165) is 19.3 Å². The topological polar surface area (TPSA) is 78.9 Å². The second-order valence-electron chi connectivity index (χ2n) is 5.64. The van der Waals surface area contributed by atoms with Crippen LogP contribution in [0.3, 0.4) is 0 Å². The molecule has 0 spiro atoms. The molecule has 20 heavy (non-hydrogen) atoms. The van der Waals surface area contributed by atoms with E-state index in [4.69, 9.17) is 9.84 Å². The highest BCUT2D eigenvalue weighted by Crippen LogP contribution is 2.19. The molecule has 1 unspecified atom stereocenters. The quantitative estimate of drug-likeness (QED) is 0.698. The Labute approximate surface area is 120 Å². The van der Waals surface area contributed by atoms with Gasteiger partial charge in [-0.05, 0) is 25.2 Å². The highest BCUT2D eigenvalue weighted by molar-refractivity contribution is 5.76. The van der Waals surface area contributed by atoms with Gasteiger partial charge in [-0.15, -0.1) is 0 Å². The Hall–Kier alpha value is -1.30. The Kier molecular flexibility index (Phi) is 7.36. The number of carboxylic acid groups (broad SMARTS) is 1. The van der Waals surface area contributed by atoms with E-state index in [2.05, 4.69) is 19.2 Å². The van der Waals surface area contributed by atoms with Crippen molar-refractivity contribution in [1.82, 2.24) is 10.2 Å². The van der Waals surface area contributed by atoms with Crippen LogP contribution in [0.2, 0.25) is 0 Å². The number of hydrogen-bond acceptors (Lipinski definition) is 3. The van der Waals surface area contributed by atoms with Crippen LogP contribution in [-0.4, -0.2) is 54.4 Å². The van der Waals surface area contributed by atoms with Crippen LogP contribution < -0.4 is 5.32 Å². The van der Waals surface area contributed by atoms with Crippen LogP contribution >= 0.6 is 0 Å². The Morgan fingerprint density at radius 1 is 1.40 bits per heavy atom. The fraction of sp³-hybridized carbons (Fsp3) is 0.857. The number of amides is 2. The number of carbonyl (C=O) groups is 2. The highest BCUT2D eigenvalue weighted by Gasteiger charge is 2.28. The molecule has 0 bridgehead atoms. The van der Waals surface area contributed by atoms with Gasteiger partial charge in [-0.25, -0.2) is 4.79 Å². The van der Waals surface area contributed by atoms with Crippen molar-refractivity contribution in [3.63, 3.8) is 0 Å². The molecule has 0 aliphatic carbocycles. The number of rotatable bonds is 7. The summed E-state index contributed by atoms with van der Waals surface area (Å²) >= 11 is 0. The van der Waals surface area contributed by atoms with Crippen molar-refractivity contribution in [3.8, 4) is 0 Å². The van der Waals surface area contributed by atoms with Gasteiger partial charge in [0.1, 0.15) is 0 Å². The number of likely N-dealkylation sites (tertiary alicyclic amines) is 1. The lowest BCUT2D eigenvalue weighted by Crippen LogP contribution is -2.49. The molecule has 1 fully saturated rings. The van der Waals surface area contributed by atoms with Gasteiger partial charge in [-0.3, -0.25) is 4.79 Å². The summed E-state index contributed by atoms with van der Waals surface area (Å²) in [5, 5.41) is 11.7. The number of carbonyl (C=O) groups excluding carboxylic acids is 1. The third kappa shape index (κ3) is 6.23. The minimum atomic E-state index is -0.852. The number of piperidine rings is 1. The second-order valence-corrected chi connectivity index (χ2v) is 5.64. The van der Waals surface area contributed by atoms with Gasteiger partial charge < -0.3 is 20.1 Å². The van der Waals surface area contributed by atoms with E-state index < -0.39 is 5.97 Å². The molecule has 0 aromatic carbocycles. The van der Waals surface area contributed by atoms with Crippen LogP contribution in [0.5, 0.6) is 0 Å². The average molecular weight is 286 g/mol. The van der Waals surface area contributed by atoms with Crippen molar-refractivity contribution >= 4 is 12.0 Å². The number of aliphatic carboxylic acids is 1. The molecule has 1 aliphatic rings. The standard InChI is InChI=1S/C14H26N2O4/c1-11(2)10-20-8-6-15-14(19)16-7-4-3-5-12(16)9-13(17)18/h11-12H,3-10H2,1-2H3,(H,15,19)(H,17,18). The minimum Gasteiger partial charge on any atom is -0.481 e. The Bertz CT molecular complexity index is 320. The molecule has 0 aromatic heterocycles. The molecular formula is C14H26N2O4. The predicted octanol–water partition coefficient (Wildman–Crippen LogP) is 1.70. The van der Waals surface area contributed by atoms with E-state index in [1.165, 1.54) is 0 Å². The molecule has 1 rings (SSSR count). The predicted molar refractivity (Wildman–Crippen MR) is 75.7 cm³/mol. The first kappa shape index (κ1) is 16.8. The van der Waals surface area contributed by atoms with Crippen LogP contribution in [0.1, 0.15) is 39.5 Å². The summed E-state index contributed by atoms with van der Waals surface area (Å²) in [6.07, 6.45) is 2.72. The summed E-state index contributed by atoms with van der Waals surface area (Å²) in [4.78, 5) is 24.5. The van der Waals surface area contributed by atoms with E-state index >= 15 is 0 Å². The summed E-state index contributed by atoms with van der Waals surface area (Å²) in [6.45, 7) is 6.41. The van der Waals surface area contributed by atoms with E-state index in [9.17, 15) is 9.59 Å². The normalized spacial score (nSPS) is 19.1. The molecule has 0 radical (unpaired) electrons. The maximum atomic E-state index is 12.1. The summed E-state index contributed by atoms with van der Waals surface area (Å²) in [5.74, 6) is -0.372. The first-order valence-electron chi connectivity index (χ1n) is 7.34. The third-order valence-electron chi connectivity index (χ3n) is 3.27. The minimum absolute atomic E-state index is 0.0251. The van der Waals surface area contributed by atoms with Gasteiger partial charge in [0.05, 0.1) is 13.0 Å². The lowest BCUT2D eigenvalue weighted by atomic mass is 10.00. The Balaban J connectivity index is 2.30. The Morgan fingerprint density at radius 2 is 2.15 bits per heavy atom. The molecule has 0 aromatic rings. The maximum Gasteiger partial charge on any atom is 0.317 e. The summed E-state index contributed by atoms with van der Waals surface area (Å²) in [5.41, 5.74) is 0. The first-order valence-corrected chi connectivity index (χ1v) is 7.34. The van der Waals surface area contributed by atoms with E-state index in [0.29, 0.717) is 32.2 Å². The highest BCUT2D eigenvalue weighted by atomic mass is 16.5.